The van der Waals surface area contributed by atoms with Crippen molar-refractivity contribution in [3.63, 3.8) is 0 Å². The number of aliphatic hydroxyl groups is 1. The first kappa shape index (κ1) is 15.5. The van der Waals surface area contributed by atoms with E-state index in [-0.39, 0.29) is 12.1 Å². The molecule has 0 saturated carbocycles. The predicted molar refractivity (Wildman–Crippen MR) is 64.1 cm³/mol. The summed E-state index contributed by atoms with van der Waals surface area (Å²) < 4.78 is 38.6. The van der Waals surface area contributed by atoms with Crippen LogP contribution in [0.25, 0.3) is 0 Å². The Morgan fingerprint density at radius 1 is 1.26 bits per heavy atom. The third-order valence-electron chi connectivity index (χ3n) is 2.70. The molecule has 0 fully saturated rings. The van der Waals surface area contributed by atoms with Crippen molar-refractivity contribution < 1.29 is 23.1 Å². The lowest BCUT2D eigenvalue weighted by Gasteiger charge is -2.25. The molecule has 3 nitrogen and oxygen atoms in total. The van der Waals surface area contributed by atoms with Gasteiger partial charge in [0, 0.05) is 12.1 Å². The second-order valence-electron chi connectivity index (χ2n) is 5.35. The molecule has 6 heteroatoms. The molecule has 0 radical (unpaired) electrons. The lowest BCUT2D eigenvalue weighted by Crippen LogP contribution is -2.39. The van der Waals surface area contributed by atoms with Crippen LogP contribution in [0.15, 0.2) is 12.1 Å². The molecule has 0 aliphatic rings. The van der Waals surface area contributed by atoms with Crippen LogP contribution in [-0.2, 0) is 0 Å². The van der Waals surface area contributed by atoms with E-state index in [1.807, 2.05) is 0 Å². The molecule has 1 amide bonds. The molecule has 2 N–H and O–H groups in total. The molecule has 1 rings (SSSR count). The minimum atomic E-state index is -1.62. The number of carbonyl (C=O) groups is 1. The van der Waals surface area contributed by atoms with E-state index in [4.69, 9.17) is 0 Å². The quantitative estimate of drug-likeness (QED) is 0.831. The van der Waals surface area contributed by atoms with Crippen LogP contribution in [0.3, 0.4) is 0 Å². The molecule has 1 atom stereocenters. The number of carbonyl (C=O) groups excluding carboxylic acids is 1. The van der Waals surface area contributed by atoms with Crippen molar-refractivity contribution in [2.75, 3.05) is 6.54 Å². The highest BCUT2D eigenvalue weighted by Crippen LogP contribution is 2.18. The van der Waals surface area contributed by atoms with Gasteiger partial charge in [-0.05, 0) is 17.5 Å². The van der Waals surface area contributed by atoms with E-state index in [1.54, 1.807) is 20.8 Å². The SMILES string of the molecule is CC(C)(C)C(O)CNC(=O)c1cc(F)c(F)c(F)c1. The van der Waals surface area contributed by atoms with Gasteiger partial charge < -0.3 is 10.4 Å². The van der Waals surface area contributed by atoms with E-state index in [0.717, 1.165) is 0 Å². The van der Waals surface area contributed by atoms with Gasteiger partial charge >= 0.3 is 0 Å². The molecule has 0 bridgehead atoms. The van der Waals surface area contributed by atoms with E-state index in [0.29, 0.717) is 12.1 Å². The molecule has 106 valence electrons. The Kier molecular flexibility index (Phi) is 4.57. The molecule has 0 spiro atoms. The summed E-state index contributed by atoms with van der Waals surface area (Å²) in [6, 6.07) is 1.22. The van der Waals surface area contributed by atoms with Crippen LogP contribution in [0.2, 0.25) is 0 Å². The Morgan fingerprint density at radius 3 is 2.16 bits per heavy atom. The zero-order chi connectivity index (χ0) is 14.8. The Bertz CT molecular complexity index is 460. The molecular weight excluding hydrogens is 259 g/mol. The number of amides is 1. The number of halogens is 3. The van der Waals surface area contributed by atoms with Gasteiger partial charge in [-0.15, -0.1) is 0 Å². The van der Waals surface area contributed by atoms with Crippen molar-refractivity contribution >= 4 is 5.91 Å². The van der Waals surface area contributed by atoms with Crippen LogP contribution in [-0.4, -0.2) is 23.7 Å². The summed E-state index contributed by atoms with van der Waals surface area (Å²) >= 11 is 0. The molecule has 0 aliphatic carbocycles. The molecule has 1 aromatic carbocycles. The van der Waals surface area contributed by atoms with Crippen LogP contribution in [0.5, 0.6) is 0 Å². The monoisotopic (exact) mass is 275 g/mol. The molecule has 19 heavy (non-hydrogen) atoms. The van der Waals surface area contributed by atoms with Crippen LogP contribution in [0.1, 0.15) is 31.1 Å². The first-order valence-electron chi connectivity index (χ1n) is 5.73. The minimum absolute atomic E-state index is 0.0665. The summed E-state index contributed by atoms with van der Waals surface area (Å²) in [4.78, 5) is 11.6. The highest BCUT2D eigenvalue weighted by atomic mass is 19.2. The maximum Gasteiger partial charge on any atom is 0.251 e. The lowest BCUT2D eigenvalue weighted by atomic mass is 9.89. The minimum Gasteiger partial charge on any atom is -0.391 e. The Hall–Kier alpha value is -1.56. The van der Waals surface area contributed by atoms with Crippen molar-refractivity contribution in [2.24, 2.45) is 5.41 Å². The highest BCUT2D eigenvalue weighted by Gasteiger charge is 2.23. The topological polar surface area (TPSA) is 49.3 Å². The molecular formula is C13H16F3NO2. The van der Waals surface area contributed by atoms with Gasteiger partial charge in [0.2, 0.25) is 0 Å². The van der Waals surface area contributed by atoms with Crippen LogP contribution < -0.4 is 5.32 Å². The fraction of sp³-hybridized carbons (Fsp3) is 0.462. The lowest BCUT2D eigenvalue weighted by molar-refractivity contribution is 0.0586. The number of hydrogen-bond acceptors (Lipinski definition) is 2. The van der Waals surface area contributed by atoms with E-state index >= 15 is 0 Å². The number of hydrogen-bond donors (Lipinski definition) is 2. The Labute approximate surface area is 109 Å². The van der Waals surface area contributed by atoms with E-state index in [1.165, 1.54) is 0 Å². The fourth-order valence-corrected chi connectivity index (χ4v) is 1.28. The molecule has 0 aromatic heterocycles. The number of aliphatic hydroxyl groups excluding tert-OH is 1. The standard InChI is InChI=1S/C13H16F3NO2/c1-13(2,3)10(18)6-17-12(19)7-4-8(14)11(16)9(15)5-7/h4-5,10,18H,6H2,1-3H3,(H,17,19). The second kappa shape index (κ2) is 5.61. The number of benzene rings is 1. The zero-order valence-electron chi connectivity index (χ0n) is 10.9. The predicted octanol–water partition coefficient (Wildman–Crippen LogP) is 2.24. The van der Waals surface area contributed by atoms with Gasteiger partial charge in [0.05, 0.1) is 6.10 Å². The zero-order valence-corrected chi connectivity index (χ0v) is 10.9. The summed E-state index contributed by atoms with van der Waals surface area (Å²) in [5, 5.41) is 12.0. The smallest absolute Gasteiger partial charge is 0.251 e. The van der Waals surface area contributed by atoms with Gasteiger partial charge in [-0.2, -0.15) is 0 Å². The number of nitrogens with one attached hydrogen (secondary N) is 1. The van der Waals surface area contributed by atoms with E-state index < -0.39 is 34.9 Å². The Morgan fingerprint density at radius 2 is 1.74 bits per heavy atom. The van der Waals surface area contributed by atoms with Gasteiger partial charge in [0.15, 0.2) is 17.5 Å². The molecule has 1 aromatic rings. The fourth-order valence-electron chi connectivity index (χ4n) is 1.28. The second-order valence-corrected chi connectivity index (χ2v) is 5.35. The van der Waals surface area contributed by atoms with Gasteiger partial charge in [0.1, 0.15) is 0 Å². The van der Waals surface area contributed by atoms with Crippen molar-refractivity contribution in [3.8, 4) is 0 Å². The third-order valence-corrected chi connectivity index (χ3v) is 2.70. The first-order valence-corrected chi connectivity index (χ1v) is 5.73. The largest absolute Gasteiger partial charge is 0.391 e. The normalized spacial score (nSPS) is 13.2. The summed E-state index contributed by atoms with van der Waals surface area (Å²) in [7, 11) is 0. The molecule has 0 heterocycles. The van der Waals surface area contributed by atoms with E-state index in [2.05, 4.69) is 5.32 Å². The van der Waals surface area contributed by atoms with Crippen molar-refractivity contribution in [3.05, 3.63) is 35.1 Å². The van der Waals surface area contributed by atoms with E-state index in [9.17, 15) is 23.1 Å². The Balaban J connectivity index is 2.75. The van der Waals surface area contributed by atoms with Crippen molar-refractivity contribution in [2.45, 2.75) is 26.9 Å². The summed E-state index contributed by atoms with van der Waals surface area (Å²) in [6.45, 7) is 5.27. The maximum atomic E-state index is 12.9. The summed E-state index contributed by atoms with van der Waals surface area (Å²) in [6.07, 6.45) is -0.813. The van der Waals surface area contributed by atoms with Crippen LogP contribution in [0, 0.1) is 22.9 Å². The third kappa shape index (κ3) is 3.96. The van der Waals surface area contributed by atoms with Gasteiger partial charge in [-0.1, -0.05) is 20.8 Å². The van der Waals surface area contributed by atoms with Crippen molar-refractivity contribution in [1.82, 2.24) is 5.32 Å². The maximum absolute atomic E-state index is 12.9. The first-order chi connectivity index (χ1) is 8.62. The summed E-state index contributed by atoms with van der Waals surface area (Å²) in [5.41, 5.74) is -0.774. The highest BCUT2D eigenvalue weighted by molar-refractivity contribution is 5.94. The van der Waals surface area contributed by atoms with Gasteiger partial charge in [-0.25, -0.2) is 13.2 Å². The average molecular weight is 275 g/mol. The summed E-state index contributed by atoms with van der Waals surface area (Å²) in [5.74, 6) is -5.25. The van der Waals surface area contributed by atoms with Gasteiger partial charge in [0.25, 0.3) is 5.91 Å². The molecule has 0 saturated heterocycles. The average Bonchev–Trinajstić information content (AvgIpc) is 2.30. The van der Waals surface area contributed by atoms with Crippen LogP contribution >= 0.6 is 0 Å². The molecule has 0 aliphatic heterocycles. The van der Waals surface area contributed by atoms with Crippen LogP contribution in [0.4, 0.5) is 13.2 Å². The number of rotatable bonds is 3. The van der Waals surface area contributed by atoms with Gasteiger partial charge in [-0.3, -0.25) is 4.79 Å². The van der Waals surface area contributed by atoms with Crippen molar-refractivity contribution in [1.29, 1.82) is 0 Å². The molecule has 1 unspecified atom stereocenters.